The number of pyridine rings is 1. The first-order valence-corrected chi connectivity index (χ1v) is 8.42. The summed E-state index contributed by atoms with van der Waals surface area (Å²) in [5, 5.41) is 12.9. The van der Waals surface area contributed by atoms with Gasteiger partial charge in [0, 0.05) is 23.7 Å². The number of H-pyrrole nitrogens is 1. The highest BCUT2D eigenvalue weighted by molar-refractivity contribution is 5.88. The molecule has 2 N–H and O–H groups in total. The van der Waals surface area contributed by atoms with Crippen molar-refractivity contribution in [3.63, 3.8) is 0 Å². The lowest BCUT2D eigenvalue weighted by Gasteiger charge is -2.18. The Kier molecular flexibility index (Phi) is 4.95. The van der Waals surface area contributed by atoms with Crippen LogP contribution in [0.15, 0.2) is 40.2 Å². The van der Waals surface area contributed by atoms with E-state index in [1.807, 2.05) is 31.2 Å². The number of aromatic carboxylic acids is 1. The Bertz CT molecular complexity index is 929. The van der Waals surface area contributed by atoms with E-state index < -0.39 is 11.5 Å². The topological polar surface area (TPSA) is 122 Å². The monoisotopic (exact) mass is 353 g/mol. The molecule has 1 fully saturated rings. The van der Waals surface area contributed by atoms with Gasteiger partial charge in [0.1, 0.15) is 5.56 Å². The van der Waals surface area contributed by atoms with Gasteiger partial charge in [0.15, 0.2) is 0 Å². The number of carboxylic acids is 1. The van der Waals surface area contributed by atoms with Crippen molar-refractivity contribution < 1.29 is 9.90 Å². The summed E-state index contributed by atoms with van der Waals surface area (Å²) in [5.41, 5.74) is 11.0. The smallest absolute Gasteiger partial charge is 0.341 e. The Morgan fingerprint density at radius 1 is 1.42 bits per heavy atom. The molecule has 1 aliphatic rings. The van der Waals surface area contributed by atoms with Gasteiger partial charge in [-0.15, -0.1) is 0 Å². The molecule has 0 unspecified atom stereocenters. The van der Waals surface area contributed by atoms with Crippen molar-refractivity contribution in [3.05, 3.63) is 62.3 Å². The number of carbonyl (C=O) groups is 1. The highest BCUT2D eigenvalue weighted by Crippen LogP contribution is 2.27. The predicted octanol–water partition coefficient (Wildman–Crippen LogP) is 3.19. The zero-order valence-electron chi connectivity index (χ0n) is 14.3. The molecule has 1 aromatic heterocycles. The van der Waals surface area contributed by atoms with E-state index in [-0.39, 0.29) is 11.6 Å². The molecule has 0 bridgehead atoms. The van der Waals surface area contributed by atoms with Gasteiger partial charge < -0.3 is 15.0 Å². The minimum atomic E-state index is -1.23. The van der Waals surface area contributed by atoms with Crippen LogP contribution >= 0.6 is 0 Å². The van der Waals surface area contributed by atoms with Crippen molar-refractivity contribution in [1.82, 2.24) is 4.98 Å². The average Bonchev–Trinajstić information content (AvgIpc) is 3.10. The van der Waals surface area contributed by atoms with Crippen LogP contribution in [-0.2, 0) is 6.42 Å². The third-order valence-corrected chi connectivity index (χ3v) is 4.63. The number of hydrogen-bond acceptors (Lipinski definition) is 4. The Balaban J connectivity index is 1.89. The van der Waals surface area contributed by atoms with Crippen LogP contribution in [-0.4, -0.2) is 35.2 Å². The normalized spacial score (nSPS) is 16.3. The van der Waals surface area contributed by atoms with Crippen LogP contribution in [0.2, 0.25) is 0 Å². The maximum absolute atomic E-state index is 12.0. The third-order valence-electron chi connectivity index (χ3n) is 4.63. The summed E-state index contributed by atoms with van der Waals surface area (Å²) in [7, 11) is 0. The molecule has 8 heteroatoms. The number of hydrogen-bond donors (Lipinski definition) is 2. The van der Waals surface area contributed by atoms with Crippen LogP contribution in [0.5, 0.6) is 0 Å². The zero-order chi connectivity index (χ0) is 18.7. The minimum Gasteiger partial charge on any atom is -0.477 e. The summed E-state index contributed by atoms with van der Waals surface area (Å²) in [6.07, 6.45) is 1.43. The summed E-state index contributed by atoms with van der Waals surface area (Å²) >= 11 is 0. The van der Waals surface area contributed by atoms with Gasteiger partial charge in [-0.1, -0.05) is 24.2 Å². The van der Waals surface area contributed by atoms with Crippen molar-refractivity contribution in [2.45, 2.75) is 25.8 Å². The lowest BCUT2D eigenvalue weighted by molar-refractivity contribution is 0.0695. The molecular formula is C18H19N5O3. The Hall–Kier alpha value is -3.25. The van der Waals surface area contributed by atoms with Gasteiger partial charge in [-0.2, -0.15) is 0 Å². The van der Waals surface area contributed by atoms with Crippen molar-refractivity contribution in [2.75, 3.05) is 18.0 Å². The fraction of sp³-hybridized carbons (Fsp3) is 0.333. The van der Waals surface area contributed by atoms with E-state index in [2.05, 4.69) is 19.9 Å². The van der Waals surface area contributed by atoms with Crippen LogP contribution in [0, 0.1) is 0 Å². The summed E-state index contributed by atoms with van der Waals surface area (Å²) < 4.78 is 0. The lowest BCUT2D eigenvalue weighted by atomic mass is 10.0. The number of nitrogens with one attached hydrogen (secondary N) is 1. The molecule has 26 heavy (non-hydrogen) atoms. The number of nitrogens with zero attached hydrogens (tertiary/aromatic N) is 4. The number of benzene rings is 1. The Morgan fingerprint density at radius 3 is 2.77 bits per heavy atom. The fourth-order valence-electron chi connectivity index (χ4n) is 3.25. The summed E-state index contributed by atoms with van der Waals surface area (Å²) in [6, 6.07) is 9.15. The van der Waals surface area contributed by atoms with Crippen molar-refractivity contribution in [3.8, 4) is 11.3 Å². The molecule has 0 spiro atoms. The molecule has 8 nitrogen and oxygen atoms in total. The first kappa shape index (κ1) is 17.6. The molecule has 134 valence electrons. The largest absolute Gasteiger partial charge is 0.477 e. The number of aryl methyl sites for hydroxylation is 1. The molecule has 0 aliphatic carbocycles. The lowest BCUT2D eigenvalue weighted by Crippen LogP contribution is -2.20. The highest BCUT2D eigenvalue weighted by atomic mass is 16.4. The summed E-state index contributed by atoms with van der Waals surface area (Å²) in [4.78, 5) is 30.9. The first-order valence-electron chi connectivity index (χ1n) is 8.42. The van der Waals surface area contributed by atoms with Crippen LogP contribution in [0.1, 0.15) is 29.3 Å². The van der Waals surface area contributed by atoms with E-state index in [1.165, 1.54) is 6.07 Å². The van der Waals surface area contributed by atoms with E-state index >= 15 is 0 Å². The molecule has 0 amide bonds. The molecule has 1 atom stereocenters. The van der Waals surface area contributed by atoms with E-state index in [9.17, 15) is 9.59 Å². The number of rotatable bonds is 5. The summed E-state index contributed by atoms with van der Waals surface area (Å²) in [5.74, 6) is -1.23. The molecule has 2 aromatic rings. The van der Waals surface area contributed by atoms with Crippen molar-refractivity contribution in [2.24, 2.45) is 5.11 Å². The average molecular weight is 353 g/mol. The van der Waals surface area contributed by atoms with Gasteiger partial charge in [0.25, 0.3) is 5.56 Å². The second-order valence-corrected chi connectivity index (χ2v) is 6.21. The Morgan fingerprint density at radius 2 is 2.15 bits per heavy atom. The zero-order valence-corrected chi connectivity index (χ0v) is 14.3. The molecule has 1 aliphatic heterocycles. The molecule has 0 saturated carbocycles. The SMILES string of the molecule is CCc1cc(C(=O)O)c(=O)[nH]c1-c1ccc(N2CC[C@H](N=[N+]=[N-])C2)cc1. The molecule has 3 rings (SSSR count). The fourth-order valence-corrected chi connectivity index (χ4v) is 3.25. The van der Waals surface area contributed by atoms with E-state index in [4.69, 9.17) is 10.6 Å². The molecule has 0 radical (unpaired) electrons. The second-order valence-electron chi connectivity index (χ2n) is 6.21. The predicted molar refractivity (Wildman–Crippen MR) is 98.6 cm³/mol. The number of carboxylic acid groups (broad SMARTS) is 1. The number of azide groups is 1. The molecule has 1 aromatic carbocycles. The maximum atomic E-state index is 12.0. The standard InChI is InChI=1S/C18H19N5O3/c1-2-11-9-15(18(25)26)17(24)20-16(11)12-3-5-14(6-4-12)23-8-7-13(10-23)21-22-19/h3-6,9,13H,2,7-8,10H2,1H3,(H,20,24)(H,25,26)/t13-/m0/s1. The van der Waals surface area contributed by atoms with E-state index in [1.54, 1.807) is 0 Å². The Labute approximate surface area is 149 Å². The number of aromatic nitrogens is 1. The minimum absolute atomic E-state index is 0.00807. The first-order chi connectivity index (χ1) is 12.5. The van der Waals surface area contributed by atoms with E-state index in [0.29, 0.717) is 18.7 Å². The van der Waals surface area contributed by atoms with Gasteiger partial charge in [-0.05, 0) is 47.7 Å². The van der Waals surface area contributed by atoms with Crippen LogP contribution < -0.4 is 10.5 Å². The van der Waals surface area contributed by atoms with Gasteiger partial charge in [-0.3, -0.25) is 4.79 Å². The molecule has 1 saturated heterocycles. The van der Waals surface area contributed by atoms with Crippen molar-refractivity contribution >= 4 is 11.7 Å². The van der Waals surface area contributed by atoms with Gasteiger partial charge >= 0.3 is 5.97 Å². The van der Waals surface area contributed by atoms with Gasteiger partial charge in [-0.25, -0.2) is 4.79 Å². The number of anilines is 1. The highest BCUT2D eigenvalue weighted by Gasteiger charge is 2.21. The molecule has 2 heterocycles. The van der Waals surface area contributed by atoms with E-state index in [0.717, 1.165) is 29.8 Å². The second kappa shape index (κ2) is 7.33. The van der Waals surface area contributed by atoms with Crippen LogP contribution in [0.25, 0.3) is 21.7 Å². The number of aromatic amines is 1. The van der Waals surface area contributed by atoms with Crippen LogP contribution in [0.4, 0.5) is 5.69 Å². The van der Waals surface area contributed by atoms with Crippen LogP contribution in [0.3, 0.4) is 0 Å². The molecular weight excluding hydrogens is 334 g/mol. The van der Waals surface area contributed by atoms with Gasteiger partial charge in [0.05, 0.1) is 11.7 Å². The maximum Gasteiger partial charge on any atom is 0.341 e. The third kappa shape index (κ3) is 3.41. The van der Waals surface area contributed by atoms with Crippen molar-refractivity contribution in [1.29, 1.82) is 0 Å². The van der Waals surface area contributed by atoms with Gasteiger partial charge in [0.2, 0.25) is 0 Å². The quantitative estimate of drug-likeness (QED) is 0.487. The summed E-state index contributed by atoms with van der Waals surface area (Å²) in [6.45, 7) is 3.43.